The minimum Gasteiger partial charge on any atom is -0.392 e. The van der Waals surface area contributed by atoms with Crippen molar-refractivity contribution in [2.24, 2.45) is 5.73 Å². The minimum absolute atomic E-state index is 0.238. The number of urea groups is 1. The lowest BCUT2D eigenvalue weighted by Gasteiger charge is -2.13. The number of benzene rings is 1. The van der Waals surface area contributed by atoms with Gasteiger partial charge < -0.3 is 16.4 Å². The molecule has 2 amide bonds. The molecule has 1 aromatic carbocycles. The van der Waals surface area contributed by atoms with Crippen LogP contribution in [-0.4, -0.2) is 17.1 Å². The highest BCUT2D eigenvalue weighted by molar-refractivity contribution is 7.80. The largest absolute Gasteiger partial charge is 0.392 e. The number of thiocarbonyl (C=S) groups is 1. The first-order chi connectivity index (χ1) is 7.90. The third-order valence-electron chi connectivity index (χ3n) is 2.20. The van der Waals surface area contributed by atoms with Crippen LogP contribution in [-0.2, 0) is 0 Å². The molecule has 4 N–H and O–H groups in total. The summed E-state index contributed by atoms with van der Waals surface area (Å²) in [7, 11) is 0. The van der Waals surface area contributed by atoms with E-state index in [1.165, 1.54) is 0 Å². The number of halogens is 1. The topological polar surface area (TPSA) is 67.2 Å². The molecule has 0 aliphatic carbocycles. The molecule has 0 saturated heterocycles. The maximum Gasteiger partial charge on any atom is 0.319 e. The summed E-state index contributed by atoms with van der Waals surface area (Å²) in [5, 5.41) is 5.85. The van der Waals surface area contributed by atoms with Gasteiger partial charge in [0.1, 0.15) is 0 Å². The number of carbonyl (C=O) groups is 1. The third kappa shape index (κ3) is 4.20. The first-order valence-electron chi connectivity index (χ1n) is 5.03. The van der Waals surface area contributed by atoms with E-state index in [9.17, 15) is 4.79 Å². The number of amides is 2. The molecule has 0 aliphatic heterocycles. The monoisotopic (exact) mass is 271 g/mol. The zero-order valence-corrected chi connectivity index (χ0v) is 11.2. The maximum absolute atomic E-state index is 11.5. The van der Waals surface area contributed by atoms with Crippen molar-refractivity contribution in [2.75, 3.05) is 5.32 Å². The van der Waals surface area contributed by atoms with E-state index in [-0.39, 0.29) is 17.1 Å². The van der Waals surface area contributed by atoms with E-state index in [4.69, 9.17) is 29.6 Å². The molecule has 0 saturated carbocycles. The Hall–Kier alpha value is -1.33. The zero-order valence-electron chi connectivity index (χ0n) is 9.58. The summed E-state index contributed by atoms with van der Waals surface area (Å²) in [6.07, 6.45) is 0. The van der Waals surface area contributed by atoms with Gasteiger partial charge in [0.2, 0.25) is 0 Å². The van der Waals surface area contributed by atoms with Gasteiger partial charge in [-0.05, 0) is 31.5 Å². The summed E-state index contributed by atoms with van der Waals surface area (Å²) in [6, 6.07) is 4.56. The second-order valence-corrected chi connectivity index (χ2v) is 4.57. The number of hydrogen-bond acceptors (Lipinski definition) is 2. The molecule has 0 bridgehead atoms. The molecule has 0 aromatic heterocycles. The Morgan fingerprint density at radius 3 is 2.71 bits per heavy atom. The van der Waals surface area contributed by atoms with Gasteiger partial charge in [-0.3, -0.25) is 0 Å². The molecule has 0 radical (unpaired) electrons. The van der Waals surface area contributed by atoms with Crippen molar-refractivity contribution in [1.29, 1.82) is 0 Å². The van der Waals surface area contributed by atoms with Gasteiger partial charge in [-0.2, -0.15) is 0 Å². The Morgan fingerprint density at radius 1 is 1.53 bits per heavy atom. The Balaban J connectivity index is 2.62. The molecular formula is C11H14ClN3OS. The van der Waals surface area contributed by atoms with Crippen LogP contribution in [0.3, 0.4) is 0 Å². The Bertz CT molecular complexity index is 450. The maximum atomic E-state index is 11.5. The van der Waals surface area contributed by atoms with Gasteiger partial charge in [0.15, 0.2) is 0 Å². The second-order valence-electron chi connectivity index (χ2n) is 3.69. The number of rotatable bonds is 3. The molecule has 0 fully saturated rings. The highest BCUT2D eigenvalue weighted by atomic mass is 35.5. The highest BCUT2D eigenvalue weighted by Crippen LogP contribution is 2.19. The molecule has 0 aliphatic rings. The number of nitrogens with one attached hydrogen (secondary N) is 2. The van der Waals surface area contributed by atoms with E-state index in [1.54, 1.807) is 19.1 Å². The van der Waals surface area contributed by atoms with Crippen molar-refractivity contribution >= 4 is 40.5 Å². The summed E-state index contributed by atoms with van der Waals surface area (Å²) in [5.74, 6) is 0. The van der Waals surface area contributed by atoms with Crippen LogP contribution in [0.1, 0.15) is 12.5 Å². The molecule has 1 unspecified atom stereocenters. The highest BCUT2D eigenvalue weighted by Gasteiger charge is 2.09. The fourth-order valence-corrected chi connectivity index (χ4v) is 1.35. The van der Waals surface area contributed by atoms with Gasteiger partial charge in [-0.1, -0.05) is 29.9 Å². The van der Waals surface area contributed by atoms with Crippen LogP contribution >= 0.6 is 23.8 Å². The minimum atomic E-state index is -0.370. The lowest BCUT2D eigenvalue weighted by atomic mass is 10.2. The van der Waals surface area contributed by atoms with Crippen LogP contribution in [0, 0.1) is 6.92 Å². The van der Waals surface area contributed by atoms with Crippen LogP contribution in [0.25, 0.3) is 0 Å². The van der Waals surface area contributed by atoms with E-state index in [1.807, 2.05) is 13.0 Å². The number of anilines is 1. The van der Waals surface area contributed by atoms with Gasteiger partial charge in [0.05, 0.1) is 11.0 Å². The van der Waals surface area contributed by atoms with Gasteiger partial charge in [-0.25, -0.2) is 4.79 Å². The van der Waals surface area contributed by atoms with Crippen molar-refractivity contribution < 1.29 is 4.79 Å². The average Bonchev–Trinajstić information content (AvgIpc) is 2.23. The fourth-order valence-electron chi connectivity index (χ4n) is 1.11. The van der Waals surface area contributed by atoms with Crippen LogP contribution in [0.4, 0.5) is 10.5 Å². The SMILES string of the molecule is Cc1ccc(NC(=O)NC(C)C(N)=S)cc1Cl. The normalized spacial score (nSPS) is 11.7. The molecule has 1 rings (SSSR count). The molecule has 1 aromatic rings. The molecule has 0 spiro atoms. The van der Waals surface area contributed by atoms with Crippen LogP contribution in [0.15, 0.2) is 18.2 Å². The molecule has 1 atom stereocenters. The van der Waals surface area contributed by atoms with Crippen molar-refractivity contribution in [1.82, 2.24) is 5.32 Å². The molecule has 17 heavy (non-hydrogen) atoms. The Labute approximate surface area is 111 Å². The Kier molecular flexibility index (Phi) is 4.72. The van der Waals surface area contributed by atoms with Gasteiger partial charge in [0, 0.05) is 10.7 Å². The molecule has 92 valence electrons. The van der Waals surface area contributed by atoms with Crippen molar-refractivity contribution in [2.45, 2.75) is 19.9 Å². The van der Waals surface area contributed by atoms with Crippen molar-refractivity contribution in [3.8, 4) is 0 Å². The number of nitrogens with two attached hydrogens (primary N) is 1. The Morgan fingerprint density at radius 2 is 2.18 bits per heavy atom. The quantitative estimate of drug-likeness (QED) is 0.740. The molecule has 6 heteroatoms. The first kappa shape index (κ1) is 13.7. The standard InChI is InChI=1S/C11H14ClN3OS/c1-6-3-4-8(5-9(6)12)15-11(16)14-7(2)10(13)17/h3-5,7H,1-2H3,(H2,13,17)(H2,14,15,16). The van der Waals surface area contributed by atoms with Crippen molar-refractivity contribution in [3.05, 3.63) is 28.8 Å². The van der Waals surface area contributed by atoms with Crippen LogP contribution < -0.4 is 16.4 Å². The number of hydrogen-bond donors (Lipinski definition) is 3. The van der Waals surface area contributed by atoms with Crippen molar-refractivity contribution in [3.63, 3.8) is 0 Å². The predicted molar refractivity (Wildman–Crippen MR) is 74.6 cm³/mol. The summed E-state index contributed by atoms with van der Waals surface area (Å²) in [5.41, 5.74) is 6.96. The van der Waals surface area contributed by atoms with Gasteiger partial charge >= 0.3 is 6.03 Å². The molecular weight excluding hydrogens is 258 g/mol. The van der Waals surface area contributed by atoms with E-state index < -0.39 is 0 Å². The summed E-state index contributed by atoms with van der Waals surface area (Å²) >= 11 is 10.7. The third-order valence-corrected chi connectivity index (χ3v) is 2.96. The smallest absolute Gasteiger partial charge is 0.319 e. The lowest BCUT2D eigenvalue weighted by molar-refractivity contribution is 0.251. The predicted octanol–water partition coefficient (Wildman–Crippen LogP) is 2.44. The average molecular weight is 272 g/mol. The molecule has 0 heterocycles. The summed E-state index contributed by atoms with van der Waals surface area (Å²) in [6.45, 7) is 3.60. The van der Waals surface area contributed by atoms with Gasteiger partial charge in [0.25, 0.3) is 0 Å². The van der Waals surface area contributed by atoms with Crippen LogP contribution in [0.5, 0.6) is 0 Å². The number of carbonyl (C=O) groups excluding carboxylic acids is 1. The van der Waals surface area contributed by atoms with Crippen LogP contribution in [0.2, 0.25) is 5.02 Å². The molecule has 4 nitrogen and oxygen atoms in total. The zero-order chi connectivity index (χ0) is 13.0. The fraction of sp³-hybridized carbons (Fsp3) is 0.273. The summed E-state index contributed by atoms with van der Waals surface area (Å²) in [4.78, 5) is 11.8. The first-order valence-corrected chi connectivity index (χ1v) is 5.81. The summed E-state index contributed by atoms with van der Waals surface area (Å²) < 4.78 is 0. The van der Waals surface area contributed by atoms with E-state index in [0.717, 1.165) is 5.56 Å². The number of aryl methyl sites for hydroxylation is 1. The van der Waals surface area contributed by atoms with E-state index in [0.29, 0.717) is 10.7 Å². The van der Waals surface area contributed by atoms with Gasteiger partial charge in [-0.15, -0.1) is 0 Å². The lowest BCUT2D eigenvalue weighted by Crippen LogP contribution is -2.43. The van der Waals surface area contributed by atoms with E-state index >= 15 is 0 Å². The van der Waals surface area contributed by atoms with E-state index in [2.05, 4.69) is 10.6 Å². The second kappa shape index (κ2) is 5.84.